The van der Waals surface area contributed by atoms with Crippen molar-refractivity contribution in [2.45, 2.75) is 19.3 Å². The molecule has 1 unspecified atom stereocenters. The van der Waals surface area contributed by atoms with E-state index in [1.54, 1.807) is 4.31 Å². The Hall–Kier alpha value is -0.910. The summed E-state index contributed by atoms with van der Waals surface area (Å²) < 4.78 is 26.0. The Morgan fingerprint density at radius 2 is 2.05 bits per heavy atom. The van der Waals surface area contributed by atoms with Crippen LogP contribution in [0.4, 0.5) is 0 Å². The zero-order valence-electron chi connectivity index (χ0n) is 11.4. The van der Waals surface area contributed by atoms with Gasteiger partial charge in [0.05, 0.1) is 5.75 Å². The number of benzene rings is 1. The van der Waals surface area contributed by atoms with Crippen LogP contribution in [0.25, 0.3) is 0 Å². The molecule has 1 heterocycles. The van der Waals surface area contributed by atoms with Crippen molar-refractivity contribution in [1.82, 2.24) is 9.62 Å². The molecule has 5 heteroatoms. The summed E-state index contributed by atoms with van der Waals surface area (Å²) in [5.74, 6) is 0.539. The third-order valence-corrected chi connectivity index (χ3v) is 5.44. The van der Waals surface area contributed by atoms with Crippen LogP contribution in [0.5, 0.6) is 0 Å². The van der Waals surface area contributed by atoms with Crippen LogP contribution < -0.4 is 5.32 Å². The van der Waals surface area contributed by atoms with Gasteiger partial charge < -0.3 is 5.32 Å². The number of hydrogen-bond donors (Lipinski definition) is 1. The van der Waals surface area contributed by atoms with Gasteiger partial charge in [-0.25, -0.2) is 12.7 Å². The lowest BCUT2D eigenvalue weighted by molar-refractivity contribution is 0.471. The Morgan fingerprint density at radius 1 is 1.32 bits per heavy atom. The van der Waals surface area contributed by atoms with E-state index >= 15 is 0 Å². The minimum Gasteiger partial charge on any atom is -0.316 e. The van der Waals surface area contributed by atoms with Gasteiger partial charge in [0.2, 0.25) is 10.0 Å². The lowest BCUT2D eigenvalue weighted by atomic mass is 9.99. The Labute approximate surface area is 115 Å². The molecule has 1 saturated heterocycles. The fourth-order valence-electron chi connectivity index (χ4n) is 2.49. The first-order valence-corrected chi connectivity index (χ1v) is 8.48. The zero-order valence-corrected chi connectivity index (χ0v) is 12.2. The van der Waals surface area contributed by atoms with Gasteiger partial charge in [-0.1, -0.05) is 37.3 Å². The molecule has 1 aromatic rings. The SMILES string of the molecule is CCNCCS(=O)(=O)N1CCC(c2ccccc2)C1. The molecule has 1 fully saturated rings. The molecule has 1 aliphatic heterocycles. The maximum Gasteiger partial charge on any atom is 0.215 e. The minimum atomic E-state index is -3.10. The second kappa shape index (κ2) is 6.50. The first-order chi connectivity index (χ1) is 9.13. The van der Waals surface area contributed by atoms with Crippen LogP contribution in [-0.2, 0) is 10.0 Å². The molecule has 1 atom stereocenters. The number of nitrogens with one attached hydrogen (secondary N) is 1. The summed E-state index contributed by atoms with van der Waals surface area (Å²) in [7, 11) is -3.10. The van der Waals surface area contributed by atoms with E-state index in [2.05, 4.69) is 17.4 Å². The monoisotopic (exact) mass is 282 g/mol. The van der Waals surface area contributed by atoms with Crippen molar-refractivity contribution in [3.63, 3.8) is 0 Å². The third-order valence-electron chi connectivity index (χ3n) is 3.60. The van der Waals surface area contributed by atoms with Crippen LogP contribution in [0.15, 0.2) is 30.3 Å². The van der Waals surface area contributed by atoms with Crippen molar-refractivity contribution in [1.29, 1.82) is 0 Å². The van der Waals surface area contributed by atoms with Crippen LogP contribution in [-0.4, -0.2) is 44.7 Å². The molecule has 0 amide bonds. The molecule has 0 radical (unpaired) electrons. The van der Waals surface area contributed by atoms with Crippen LogP contribution in [0.2, 0.25) is 0 Å². The van der Waals surface area contributed by atoms with Gasteiger partial charge in [0.1, 0.15) is 0 Å². The summed E-state index contributed by atoms with van der Waals surface area (Å²) in [6.45, 7) is 4.59. The predicted molar refractivity (Wildman–Crippen MR) is 77.7 cm³/mol. The molecule has 4 nitrogen and oxygen atoms in total. The molecule has 106 valence electrons. The minimum absolute atomic E-state index is 0.197. The molecule has 2 rings (SSSR count). The van der Waals surface area contributed by atoms with E-state index in [1.165, 1.54) is 5.56 Å². The van der Waals surface area contributed by atoms with E-state index < -0.39 is 10.0 Å². The Balaban J connectivity index is 1.94. The van der Waals surface area contributed by atoms with Gasteiger partial charge in [-0.15, -0.1) is 0 Å². The molecule has 0 aliphatic carbocycles. The van der Waals surface area contributed by atoms with Gasteiger partial charge in [-0.05, 0) is 24.4 Å². The van der Waals surface area contributed by atoms with Crippen LogP contribution in [0.3, 0.4) is 0 Å². The van der Waals surface area contributed by atoms with Crippen molar-refractivity contribution in [3.8, 4) is 0 Å². The topological polar surface area (TPSA) is 49.4 Å². The molecule has 1 N–H and O–H groups in total. The Morgan fingerprint density at radius 3 is 2.74 bits per heavy atom. The first-order valence-electron chi connectivity index (χ1n) is 6.87. The molecule has 0 aromatic heterocycles. The van der Waals surface area contributed by atoms with Gasteiger partial charge in [0.15, 0.2) is 0 Å². The molecule has 1 aromatic carbocycles. The van der Waals surface area contributed by atoms with Crippen molar-refractivity contribution < 1.29 is 8.42 Å². The van der Waals surface area contributed by atoms with Gasteiger partial charge in [-0.2, -0.15) is 0 Å². The van der Waals surface area contributed by atoms with Crippen molar-refractivity contribution in [2.75, 3.05) is 31.9 Å². The van der Waals surface area contributed by atoms with Crippen molar-refractivity contribution in [3.05, 3.63) is 35.9 Å². The summed E-state index contributed by atoms with van der Waals surface area (Å²) in [4.78, 5) is 0. The lowest BCUT2D eigenvalue weighted by Gasteiger charge is -2.16. The smallest absolute Gasteiger partial charge is 0.215 e. The summed E-state index contributed by atoms with van der Waals surface area (Å²) >= 11 is 0. The fourth-order valence-corrected chi connectivity index (χ4v) is 3.94. The number of rotatable bonds is 6. The largest absolute Gasteiger partial charge is 0.316 e. The lowest BCUT2D eigenvalue weighted by Crippen LogP contribution is -2.34. The number of sulfonamides is 1. The Kier molecular flexibility index (Phi) is 4.96. The fraction of sp³-hybridized carbons (Fsp3) is 0.571. The summed E-state index contributed by atoms with van der Waals surface area (Å²) in [6.07, 6.45) is 0.921. The third kappa shape index (κ3) is 3.78. The second-order valence-corrected chi connectivity index (χ2v) is 7.01. The number of hydrogen-bond acceptors (Lipinski definition) is 3. The predicted octanol–water partition coefficient (Wildman–Crippen LogP) is 1.42. The van der Waals surface area contributed by atoms with E-state index in [0.29, 0.717) is 25.6 Å². The molecular formula is C14H22N2O2S. The van der Waals surface area contributed by atoms with E-state index in [9.17, 15) is 8.42 Å². The molecule has 0 spiro atoms. The summed E-state index contributed by atoms with van der Waals surface area (Å²) in [5, 5.41) is 3.06. The van der Waals surface area contributed by atoms with Crippen molar-refractivity contribution in [2.24, 2.45) is 0 Å². The highest BCUT2D eigenvalue weighted by Crippen LogP contribution is 2.28. The van der Waals surface area contributed by atoms with Gasteiger partial charge in [0.25, 0.3) is 0 Å². The summed E-state index contributed by atoms with van der Waals surface area (Å²) in [5.41, 5.74) is 1.24. The standard InChI is InChI=1S/C14H22N2O2S/c1-2-15-9-11-19(17,18)16-10-8-14(12-16)13-6-4-3-5-7-13/h3-7,14-15H,2,8-12H2,1H3. The van der Waals surface area contributed by atoms with Gasteiger partial charge in [-0.3, -0.25) is 0 Å². The molecule has 0 saturated carbocycles. The highest BCUT2D eigenvalue weighted by Gasteiger charge is 2.31. The van der Waals surface area contributed by atoms with Gasteiger partial charge >= 0.3 is 0 Å². The molecular weight excluding hydrogens is 260 g/mol. The quantitative estimate of drug-likeness (QED) is 0.803. The summed E-state index contributed by atoms with van der Waals surface area (Å²) in [6, 6.07) is 10.2. The Bertz CT molecular complexity index is 487. The van der Waals surface area contributed by atoms with E-state index in [1.807, 2.05) is 25.1 Å². The molecule has 19 heavy (non-hydrogen) atoms. The van der Waals surface area contributed by atoms with Gasteiger partial charge in [0, 0.05) is 19.6 Å². The van der Waals surface area contributed by atoms with Crippen LogP contribution >= 0.6 is 0 Å². The highest BCUT2D eigenvalue weighted by atomic mass is 32.2. The maximum absolute atomic E-state index is 12.2. The molecule has 1 aliphatic rings. The van der Waals surface area contributed by atoms with Crippen LogP contribution in [0.1, 0.15) is 24.8 Å². The second-order valence-electron chi connectivity index (χ2n) is 4.92. The van der Waals surface area contributed by atoms with E-state index in [4.69, 9.17) is 0 Å². The average Bonchev–Trinajstić information content (AvgIpc) is 2.90. The first kappa shape index (κ1) is 14.5. The van der Waals surface area contributed by atoms with E-state index in [0.717, 1.165) is 13.0 Å². The highest BCUT2D eigenvalue weighted by molar-refractivity contribution is 7.89. The van der Waals surface area contributed by atoms with Crippen LogP contribution in [0, 0.1) is 0 Å². The maximum atomic E-state index is 12.2. The average molecular weight is 282 g/mol. The van der Waals surface area contributed by atoms with E-state index in [-0.39, 0.29) is 5.75 Å². The molecule has 0 bridgehead atoms. The number of nitrogens with zero attached hydrogens (tertiary/aromatic N) is 1. The zero-order chi connectivity index (χ0) is 13.7. The normalized spacial score (nSPS) is 20.8. The van der Waals surface area contributed by atoms with Crippen molar-refractivity contribution >= 4 is 10.0 Å².